The molecule has 0 spiro atoms. The van der Waals surface area contributed by atoms with Crippen molar-refractivity contribution in [3.8, 4) is 11.5 Å². The van der Waals surface area contributed by atoms with Crippen molar-refractivity contribution in [2.24, 2.45) is 0 Å². The zero-order valence-corrected chi connectivity index (χ0v) is 12.6. The molecule has 2 aromatic carbocycles. The Morgan fingerprint density at radius 2 is 2.18 bits per heavy atom. The standard InChI is InChI=1S/C18H19NO3/c1-21-16-4-2-3-13(11-16)7-9-19-18(20)15-5-6-17-14(12-15)8-10-22-17/h2-6,11-12H,7-10H2,1H3,(H,19,20). The van der Waals surface area contributed by atoms with Crippen LogP contribution >= 0.6 is 0 Å². The molecule has 0 fully saturated rings. The van der Waals surface area contributed by atoms with Crippen LogP contribution in [-0.2, 0) is 12.8 Å². The summed E-state index contributed by atoms with van der Waals surface area (Å²) in [6.45, 7) is 1.30. The summed E-state index contributed by atoms with van der Waals surface area (Å²) in [5.74, 6) is 1.69. The third kappa shape index (κ3) is 3.22. The molecule has 1 aliphatic heterocycles. The molecule has 0 atom stereocenters. The maximum Gasteiger partial charge on any atom is 0.251 e. The van der Waals surface area contributed by atoms with Gasteiger partial charge in [0.05, 0.1) is 13.7 Å². The number of rotatable bonds is 5. The molecule has 2 aromatic rings. The highest BCUT2D eigenvalue weighted by Gasteiger charge is 2.14. The molecule has 0 saturated carbocycles. The minimum atomic E-state index is -0.0439. The summed E-state index contributed by atoms with van der Waals surface area (Å²) >= 11 is 0. The average molecular weight is 297 g/mol. The van der Waals surface area contributed by atoms with Gasteiger partial charge < -0.3 is 14.8 Å². The van der Waals surface area contributed by atoms with Crippen molar-refractivity contribution >= 4 is 5.91 Å². The number of fused-ring (bicyclic) bond motifs is 1. The van der Waals surface area contributed by atoms with Gasteiger partial charge in [0.15, 0.2) is 0 Å². The molecule has 0 aliphatic carbocycles. The fourth-order valence-electron chi connectivity index (χ4n) is 2.58. The van der Waals surface area contributed by atoms with Gasteiger partial charge in [0, 0.05) is 18.5 Å². The second-order valence-corrected chi connectivity index (χ2v) is 5.28. The molecule has 114 valence electrons. The Balaban J connectivity index is 1.56. The van der Waals surface area contributed by atoms with Crippen LogP contribution in [0, 0.1) is 0 Å². The highest BCUT2D eigenvalue weighted by molar-refractivity contribution is 5.94. The van der Waals surface area contributed by atoms with E-state index < -0.39 is 0 Å². The summed E-state index contributed by atoms with van der Waals surface area (Å²) in [6.07, 6.45) is 1.65. The van der Waals surface area contributed by atoms with Gasteiger partial charge in [0.25, 0.3) is 5.91 Å². The van der Waals surface area contributed by atoms with E-state index in [-0.39, 0.29) is 5.91 Å². The molecular weight excluding hydrogens is 278 g/mol. The molecular formula is C18H19NO3. The average Bonchev–Trinajstić information content (AvgIpc) is 3.02. The van der Waals surface area contributed by atoms with Gasteiger partial charge in [-0.3, -0.25) is 4.79 Å². The highest BCUT2D eigenvalue weighted by atomic mass is 16.5. The smallest absolute Gasteiger partial charge is 0.251 e. The van der Waals surface area contributed by atoms with Gasteiger partial charge in [-0.1, -0.05) is 12.1 Å². The number of benzene rings is 2. The second kappa shape index (κ2) is 6.52. The van der Waals surface area contributed by atoms with E-state index in [1.54, 1.807) is 7.11 Å². The second-order valence-electron chi connectivity index (χ2n) is 5.28. The van der Waals surface area contributed by atoms with Crippen molar-refractivity contribution < 1.29 is 14.3 Å². The van der Waals surface area contributed by atoms with E-state index in [0.717, 1.165) is 35.5 Å². The molecule has 22 heavy (non-hydrogen) atoms. The van der Waals surface area contributed by atoms with E-state index in [1.807, 2.05) is 42.5 Å². The first kappa shape index (κ1) is 14.4. The molecule has 1 N–H and O–H groups in total. The number of hydrogen-bond acceptors (Lipinski definition) is 3. The molecule has 4 nitrogen and oxygen atoms in total. The van der Waals surface area contributed by atoms with Crippen LogP contribution < -0.4 is 14.8 Å². The first-order valence-corrected chi connectivity index (χ1v) is 7.43. The van der Waals surface area contributed by atoms with Crippen molar-refractivity contribution in [2.75, 3.05) is 20.3 Å². The first-order chi connectivity index (χ1) is 10.8. The minimum Gasteiger partial charge on any atom is -0.497 e. The predicted molar refractivity (Wildman–Crippen MR) is 84.7 cm³/mol. The van der Waals surface area contributed by atoms with Gasteiger partial charge in [0.1, 0.15) is 11.5 Å². The Kier molecular flexibility index (Phi) is 4.28. The van der Waals surface area contributed by atoms with Crippen LogP contribution in [0.5, 0.6) is 11.5 Å². The minimum absolute atomic E-state index is 0.0439. The number of methoxy groups -OCH3 is 1. The van der Waals surface area contributed by atoms with Crippen LogP contribution in [0.1, 0.15) is 21.5 Å². The molecule has 1 heterocycles. The zero-order chi connectivity index (χ0) is 15.4. The number of carbonyl (C=O) groups is 1. The van der Waals surface area contributed by atoms with Crippen molar-refractivity contribution in [3.63, 3.8) is 0 Å². The summed E-state index contributed by atoms with van der Waals surface area (Å²) in [6, 6.07) is 13.5. The van der Waals surface area contributed by atoms with Crippen LogP contribution in [-0.4, -0.2) is 26.2 Å². The van der Waals surface area contributed by atoms with Gasteiger partial charge >= 0.3 is 0 Å². The monoisotopic (exact) mass is 297 g/mol. The first-order valence-electron chi connectivity index (χ1n) is 7.43. The molecule has 0 unspecified atom stereocenters. The van der Waals surface area contributed by atoms with E-state index in [2.05, 4.69) is 5.32 Å². The molecule has 0 aromatic heterocycles. The number of nitrogens with one attached hydrogen (secondary N) is 1. The summed E-state index contributed by atoms with van der Waals surface area (Å²) in [4.78, 5) is 12.2. The quantitative estimate of drug-likeness (QED) is 0.923. The molecule has 1 amide bonds. The van der Waals surface area contributed by atoms with Crippen LogP contribution in [0.15, 0.2) is 42.5 Å². The van der Waals surface area contributed by atoms with E-state index in [1.165, 1.54) is 0 Å². The molecule has 0 radical (unpaired) electrons. The summed E-state index contributed by atoms with van der Waals surface area (Å²) in [5, 5.41) is 2.96. The zero-order valence-electron chi connectivity index (χ0n) is 12.6. The SMILES string of the molecule is COc1cccc(CCNC(=O)c2ccc3c(c2)CCO3)c1. The largest absolute Gasteiger partial charge is 0.497 e. The van der Waals surface area contributed by atoms with Crippen molar-refractivity contribution in [2.45, 2.75) is 12.8 Å². The van der Waals surface area contributed by atoms with Gasteiger partial charge in [0.2, 0.25) is 0 Å². The maximum absolute atomic E-state index is 12.2. The summed E-state index contributed by atoms with van der Waals surface area (Å²) < 4.78 is 10.6. The lowest BCUT2D eigenvalue weighted by Gasteiger charge is -2.08. The summed E-state index contributed by atoms with van der Waals surface area (Å²) in [5.41, 5.74) is 2.94. The van der Waals surface area contributed by atoms with Crippen LogP contribution in [0.2, 0.25) is 0 Å². The third-order valence-corrected chi connectivity index (χ3v) is 3.79. The van der Waals surface area contributed by atoms with Gasteiger partial charge in [-0.2, -0.15) is 0 Å². The Bertz CT molecular complexity index is 682. The Labute approximate surface area is 130 Å². The fourth-order valence-corrected chi connectivity index (χ4v) is 2.58. The van der Waals surface area contributed by atoms with E-state index >= 15 is 0 Å². The number of carbonyl (C=O) groups excluding carboxylic acids is 1. The Hall–Kier alpha value is -2.49. The normalized spacial score (nSPS) is 12.4. The lowest BCUT2D eigenvalue weighted by atomic mass is 10.1. The molecule has 3 rings (SSSR count). The lowest BCUT2D eigenvalue weighted by Crippen LogP contribution is -2.25. The van der Waals surface area contributed by atoms with Crippen molar-refractivity contribution in [1.82, 2.24) is 5.32 Å². The topological polar surface area (TPSA) is 47.6 Å². The number of amides is 1. The number of hydrogen-bond donors (Lipinski definition) is 1. The third-order valence-electron chi connectivity index (χ3n) is 3.79. The van der Waals surface area contributed by atoms with Gasteiger partial charge in [-0.05, 0) is 47.9 Å². The van der Waals surface area contributed by atoms with Crippen molar-refractivity contribution in [1.29, 1.82) is 0 Å². The van der Waals surface area contributed by atoms with E-state index in [9.17, 15) is 4.79 Å². The Morgan fingerprint density at radius 3 is 3.05 bits per heavy atom. The van der Waals surface area contributed by atoms with Crippen LogP contribution in [0.3, 0.4) is 0 Å². The van der Waals surface area contributed by atoms with E-state index in [4.69, 9.17) is 9.47 Å². The number of ether oxygens (including phenoxy) is 2. The summed E-state index contributed by atoms with van der Waals surface area (Å²) in [7, 11) is 1.65. The molecule has 1 aliphatic rings. The van der Waals surface area contributed by atoms with Gasteiger partial charge in [-0.15, -0.1) is 0 Å². The van der Waals surface area contributed by atoms with Crippen molar-refractivity contribution in [3.05, 3.63) is 59.2 Å². The maximum atomic E-state index is 12.2. The van der Waals surface area contributed by atoms with Crippen LogP contribution in [0.25, 0.3) is 0 Å². The molecule has 0 saturated heterocycles. The van der Waals surface area contributed by atoms with Gasteiger partial charge in [-0.25, -0.2) is 0 Å². The Morgan fingerprint density at radius 1 is 1.27 bits per heavy atom. The van der Waals surface area contributed by atoms with E-state index in [0.29, 0.717) is 18.7 Å². The predicted octanol–water partition coefficient (Wildman–Crippen LogP) is 2.60. The molecule has 0 bridgehead atoms. The van der Waals surface area contributed by atoms with Crippen LogP contribution in [0.4, 0.5) is 0 Å². The lowest BCUT2D eigenvalue weighted by molar-refractivity contribution is 0.0954. The highest BCUT2D eigenvalue weighted by Crippen LogP contribution is 2.25. The molecule has 4 heteroatoms. The fraction of sp³-hybridized carbons (Fsp3) is 0.278.